The average molecular weight is 522 g/mol. The molecule has 0 bridgehead atoms. The molecule has 2 heterocycles. The van der Waals surface area contributed by atoms with Crippen molar-refractivity contribution in [1.29, 1.82) is 0 Å². The van der Waals surface area contributed by atoms with Crippen LogP contribution in [0.1, 0.15) is 17.5 Å². The number of sulfonamides is 1. The molecule has 196 valence electrons. The SMILES string of the molecule is CS(=O)(=O)N(CC12CN(CCc3ccccc3)CCC1CN(Cc1ccccc1)C2)c1ccccc1F. The molecule has 2 aliphatic heterocycles. The highest BCUT2D eigenvalue weighted by Crippen LogP contribution is 2.44. The minimum atomic E-state index is -3.68. The van der Waals surface area contributed by atoms with Crippen LogP contribution in [0, 0.1) is 17.2 Å². The minimum Gasteiger partial charge on any atom is -0.302 e. The summed E-state index contributed by atoms with van der Waals surface area (Å²) in [5, 5.41) is 0. The van der Waals surface area contributed by atoms with Crippen LogP contribution in [0.4, 0.5) is 10.1 Å². The standard InChI is InChI=1S/C30H36FN3O2S/c1-37(35,36)34(29-15-9-8-14-28(29)31)24-30-22-32(18-16-25-10-4-2-5-11-25)19-17-27(30)21-33(23-30)20-26-12-6-3-7-13-26/h2-15,27H,16-24H2,1H3. The molecule has 2 unspecified atom stereocenters. The van der Waals surface area contributed by atoms with Gasteiger partial charge in [0.05, 0.1) is 11.9 Å². The van der Waals surface area contributed by atoms with Crippen LogP contribution in [0.25, 0.3) is 0 Å². The molecule has 3 aromatic rings. The Labute approximate surface area is 220 Å². The first kappa shape index (κ1) is 25.9. The van der Waals surface area contributed by atoms with Gasteiger partial charge in [-0.05, 0) is 48.6 Å². The first-order chi connectivity index (χ1) is 17.8. The maximum absolute atomic E-state index is 14.9. The highest BCUT2D eigenvalue weighted by atomic mass is 32.2. The van der Waals surface area contributed by atoms with Gasteiger partial charge in [-0.3, -0.25) is 9.21 Å². The zero-order chi connectivity index (χ0) is 25.9. The van der Waals surface area contributed by atoms with E-state index in [2.05, 4.69) is 58.3 Å². The lowest BCUT2D eigenvalue weighted by Gasteiger charge is -2.46. The van der Waals surface area contributed by atoms with E-state index < -0.39 is 15.8 Å². The van der Waals surface area contributed by atoms with Crippen LogP contribution >= 0.6 is 0 Å². The Hall–Kier alpha value is -2.74. The number of hydrogen-bond donors (Lipinski definition) is 0. The van der Waals surface area contributed by atoms with Gasteiger partial charge in [-0.15, -0.1) is 0 Å². The zero-order valence-corrected chi connectivity index (χ0v) is 22.3. The second-order valence-electron chi connectivity index (χ2n) is 10.7. The molecular formula is C30H36FN3O2S. The van der Waals surface area contributed by atoms with Crippen LogP contribution in [0.3, 0.4) is 0 Å². The Balaban J connectivity index is 1.42. The summed E-state index contributed by atoms with van der Waals surface area (Å²) in [5.74, 6) is -0.156. The molecule has 0 aliphatic carbocycles. The highest BCUT2D eigenvalue weighted by Gasteiger charge is 2.51. The predicted octanol–water partition coefficient (Wildman–Crippen LogP) is 4.66. The third kappa shape index (κ3) is 6.06. The summed E-state index contributed by atoms with van der Waals surface area (Å²) >= 11 is 0. The summed E-state index contributed by atoms with van der Waals surface area (Å²) in [6, 6.07) is 27.1. The molecule has 7 heteroatoms. The molecule has 0 spiro atoms. The lowest BCUT2D eigenvalue weighted by atomic mass is 9.73. The summed E-state index contributed by atoms with van der Waals surface area (Å²) in [7, 11) is -3.68. The number of hydrogen-bond acceptors (Lipinski definition) is 4. The molecular weight excluding hydrogens is 485 g/mol. The van der Waals surface area contributed by atoms with Crippen molar-refractivity contribution in [2.24, 2.45) is 11.3 Å². The summed E-state index contributed by atoms with van der Waals surface area (Å²) in [4.78, 5) is 4.94. The molecule has 0 N–H and O–H groups in total. The number of para-hydroxylation sites is 1. The van der Waals surface area contributed by atoms with Gasteiger partial charge >= 0.3 is 0 Å². The van der Waals surface area contributed by atoms with E-state index in [1.54, 1.807) is 18.2 Å². The van der Waals surface area contributed by atoms with E-state index in [4.69, 9.17) is 0 Å². The maximum atomic E-state index is 14.9. The van der Waals surface area contributed by atoms with Gasteiger partial charge in [0.2, 0.25) is 10.0 Å². The first-order valence-electron chi connectivity index (χ1n) is 13.1. The van der Waals surface area contributed by atoms with Crippen LogP contribution in [0.2, 0.25) is 0 Å². The number of likely N-dealkylation sites (tertiary alicyclic amines) is 2. The summed E-state index contributed by atoms with van der Waals surface area (Å²) in [5.41, 5.74) is 2.42. The molecule has 0 saturated carbocycles. The van der Waals surface area contributed by atoms with Crippen molar-refractivity contribution >= 4 is 15.7 Å². The van der Waals surface area contributed by atoms with E-state index in [0.717, 1.165) is 52.1 Å². The first-order valence-corrected chi connectivity index (χ1v) is 14.9. The highest BCUT2D eigenvalue weighted by molar-refractivity contribution is 7.92. The van der Waals surface area contributed by atoms with Gasteiger partial charge in [0.15, 0.2) is 0 Å². The minimum absolute atomic E-state index is 0.140. The topological polar surface area (TPSA) is 43.9 Å². The van der Waals surface area contributed by atoms with Crippen LogP contribution in [0.15, 0.2) is 84.9 Å². The van der Waals surface area contributed by atoms with E-state index in [-0.39, 0.29) is 17.6 Å². The summed E-state index contributed by atoms with van der Waals surface area (Å²) in [6.07, 6.45) is 3.16. The molecule has 2 aliphatic rings. The van der Waals surface area contributed by atoms with Crippen molar-refractivity contribution in [3.63, 3.8) is 0 Å². The lowest BCUT2D eigenvalue weighted by molar-refractivity contribution is 0.0687. The van der Waals surface area contributed by atoms with Gasteiger partial charge < -0.3 is 4.90 Å². The van der Waals surface area contributed by atoms with Gasteiger partial charge in [-0.1, -0.05) is 72.8 Å². The van der Waals surface area contributed by atoms with Gasteiger partial charge in [0.1, 0.15) is 5.82 Å². The molecule has 2 fully saturated rings. The molecule has 0 aromatic heterocycles. The number of piperidine rings is 1. The number of nitrogens with zero attached hydrogens (tertiary/aromatic N) is 3. The molecule has 3 aromatic carbocycles. The predicted molar refractivity (Wildman–Crippen MR) is 147 cm³/mol. The number of benzene rings is 3. The summed E-state index contributed by atoms with van der Waals surface area (Å²) < 4.78 is 42.3. The lowest BCUT2D eigenvalue weighted by Crippen LogP contribution is -2.55. The summed E-state index contributed by atoms with van der Waals surface area (Å²) in [6.45, 7) is 5.56. The average Bonchev–Trinajstić information content (AvgIpc) is 3.24. The van der Waals surface area contributed by atoms with Crippen LogP contribution in [-0.2, 0) is 23.0 Å². The maximum Gasteiger partial charge on any atom is 0.232 e. The zero-order valence-electron chi connectivity index (χ0n) is 21.5. The number of anilines is 1. The van der Waals surface area contributed by atoms with Gasteiger partial charge in [0.25, 0.3) is 0 Å². The molecule has 0 radical (unpaired) electrons. The van der Waals surface area contributed by atoms with Crippen molar-refractivity contribution in [3.05, 3.63) is 102 Å². The normalized spacial score (nSPS) is 22.6. The van der Waals surface area contributed by atoms with E-state index in [1.165, 1.54) is 27.8 Å². The van der Waals surface area contributed by atoms with Gasteiger partial charge in [0, 0.05) is 44.7 Å². The van der Waals surface area contributed by atoms with E-state index in [1.807, 2.05) is 12.1 Å². The van der Waals surface area contributed by atoms with Gasteiger partial charge in [-0.25, -0.2) is 12.8 Å². The second kappa shape index (κ2) is 10.9. The molecule has 5 rings (SSSR count). The fraction of sp³-hybridized carbons (Fsp3) is 0.400. The Kier molecular flexibility index (Phi) is 7.65. The van der Waals surface area contributed by atoms with E-state index in [9.17, 15) is 12.8 Å². The van der Waals surface area contributed by atoms with Crippen molar-refractivity contribution in [2.75, 3.05) is 49.8 Å². The smallest absolute Gasteiger partial charge is 0.232 e. The van der Waals surface area contributed by atoms with Crippen LogP contribution in [-0.4, -0.2) is 63.7 Å². The fourth-order valence-corrected chi connectivity index (χ4v) is 7.22. The molecule has 5 nitrogen and oxygen atoms in total. The Morgan fingerprint density at radius 1 is 0.892 bits per heavy atom. The van der Waals surface area contributed by atoms with Crippen molar-refractivity contribution in [3.8, 4) is 0 Å². The monoisotopic (exact) mass is 521 g/mol. The fourth-order valence-electron chi connectivity index (χ4n) is 6.22. The molecule has 2 saturated heterocycles. The third-order valence-electron chi connectivity index (χ3n) is 8.00. The molecule has 2 atom stereocenters. The number of halogens is 1. The van der Waals surface area contributed by atoms with Crippen molar-refractivity contribution in [1.82, 2.24) is 9.80 Å². The van der Waals surface area contributed by atoms with Crippen molar-refractivity contribution < 1.29 is 12.8 Å². The van der Waals surface area contributed by atoms with E-state index >= 15 is 0 Å². The Morgan fingerprint density at radius 3 is 2.19 bits per heavy atom. The van der Waals surface area contributed by atoms with Gasteiger partial charge in [-0.2, -0.15) is 0 Å². The molecule has 37 heavy (non-hydrogen) atoms. The number of fused-ring (bicyclic) bond motifs is 1. The van der Waals surface area contributed by atoms with E-state index in [0.29, 0.717) is 5.92 Å². The van der Waals surface area contributed by atoms with Crippen molar-refractivity contribution in [2.45, 2.75) is 19.4 Å². The Morgan fingerprint density at radius 2 is 1.51 bits per heavy atom. The van der Waals surface area contributed by atoms with Crippen LogP contribution < -0.4 is 4.31 Å². The third-order valence-corrected chi connectivity index (χ3v) is 9.13. The quantitative estimate of drug-likeness (QED) is 0.411. The largest absolute Gasteiger partial charge is 0.302 e. The second-order valence-corrected chi connectivity index (χ2v) is 12.6. The number of rotatable bonds is 9. The molecule has 0 amide bonds. The Bertz CT molecular complexity index is 1290. The van der Waals surface area contributed by atoms with Crippen LogP contribution in [0.5, 0.6) is 0 Å².